The van der Waals surface area contributed by atoms with Crippen LogP contribution in [0.2, 0.25) is 5.02 Å². The van der Waals surface area contributed by atoms with Crippen LogP contribution in [0.3, 0.4) is 0 Å². The first-order valence-electron chi connectivity index (χ1n) is 12.0. The van der Waals surface area contributed by atoms with Crippen molar-refractivity contribution in [3.63, 3.8) is 0 Å². The molecule has 1 amide bonds. The standard InChI is InChI=1S/C26H27ClF3N3O4/c27-21-10-9-19(25(37)32-22(14-34)17-5-1-15(2-6-17)11-23(35)36)20-12-31-33(24(20)21)13-16-3-7-18(8-4-16)26(28,29)30/h3-4,7-10,12,15,17,22,34H,1-2,5-6,11,13-14H2,(H,32,37)(H,35,36)/t15?,17?,22-/m0/s1. The number of nitrogens with zero attached hydrogens (tertiary/aromatic N) is 2. The van der Waals surface area contributed by atoms with Gasteiger partial charge in [0.05, 0.1) is 47.1 Å². The summed E-state index contributed by atoms with van der Waals surface area (Å²) in [6.45, 7) is -0.0881. The number of fused-ring (bicyclic) bond motifs is 1. The Kier molecular flexibility index (Phi) is 8.08. The van der Waals surface area contributed by atoms with E-state index in [-0.39, 0.29) is 31.4 Å². The minimum Gasteiger partial charge on any atom is -0.481 e. The Balaban J connectivity index is 1.50. The molecule has 1 aliphatic rings. The van der Waals surface area contributed by atoms with Gasteiger partial charge >= 0.3 is 12.1 Å². The molecule has 37 heavy (non-hydrogen) atoms. The topological polar surface area (TPSA) is 104 Å². The molecule has 198 valence electrons. The fourth-order valence-electron chi connectivity index (χ4n) is 5.05. The lowest BCUT2D eigenvalue weighted by molar-refractivity contribution is -0.139. The van der Waals surface area contributed by atoms with E-state index in [9.17, 15) is 27.9 Å². The van der Waals surface area contributed by atoms with E-state index in [2.05, 4.69) is 10.4 Å². The number of hydrogen-bond acceptors (Lipinski definition) is 4. The third-order valence-electron chi connectivity index (χ3n) is 7.05. The van der Waals surface area contributed by atoms with Gasteiger partial charge in [0.2, 0.25) is 0 Å². The van der Waals surface area contributed by atoms with Crippen molar-refractivity contribution in [1.82, 2.24) is 15.1 Å². The molecule has 1 aromatic heterocycles. The number of carboxylic acid groups (broad SMARTS) is 1. The molecule has 3 aromatic rings. The van der Waals surface area contributed by atoms with Gasteiger partial charge in [0.15, 0.2) is 0 Å². The van der Waals surface area contributed by atoms with Crippen LogP contribution in [0, 0.1) is 11.8 Å². The molecule has 3 N–H and O–H groups in total. The second kappa shape index (κ2) is 11.1. The van der Waals surface area contributed by atoms with E-state index in [0.717, 1.165) is 25.0 Å². The van der Waals surface area contributed by atoms with Crippen LogP contribution in [-0.2, 0) is 17.5 Å². The van der Waals surface area contributed by atoms with Gasteiger partial charge in [-0.05, 0) is 67.3 Å². The van der Waals surface area contributed by atoms with Gasteiger partial charge in [-0.1, -0.05) is 23.7 Å². The third-order valence-corrected chi connectivity index (χ3v) is 7.35. The Morgan fingerprint density at radius 1 is 1.11 bits per heavy atom. The maximum Gasteiger partial charge on any atom is 0.416 e. The summed E-state index contributed by atoms with van der Waals surface area (Å²) in [7, 11) is 0. The number of benzene rings is 2. The second-order valence-electron chi connectivity index (χ2n) is 9.50. The van der Waals surface area contributed by atoms with Crippen molar-refractivity contribution < 1.29 is 33.0 Å². The predicted molar refractivity (Wildman–Crippen MR) is 131 cm³/mol. The molecule has 1 atom stereocenters. The van der Waals surface area contributed by atoms with Gasteiger partial charge in [-0.15, -0.1) is 0 Å². The number of aliphatic carboxylic acids is 1. The largest absolute Gasteiger partial charge is 0.481 e. The molecule has 0 spiro atoms. The van der Waals surface area contributed by atoms with Gasteiger partial charge < -0.3 is 15.5 Å². The molecule has 1 saturated carbocycles. The molecule has 0 radical (unpaired) electrons. The number of aliphatic hydroxyl groups excluding tert-OH is 1. The zero-order chi connectivity index (χ0) is 26.7. The third kappa shape index (κ3) is 6.24. The molecule has 11 heteroatoms. The van der Waals surface area contributed by atoms with Crippen LogP contribution < -0.4 is 5.32 Å². The fourth-order valence-corrected chi connectivity index (χ4v) is 5.31. The first-order valence-corrected chi connectivity index (χ1v) is 12.4. The minimum absolute atomic E-state index is 0.0316. The number of hydrogen-bond donors (Lipinski definition) is 3. The van der Waals surface area contributed by atoms with E-state index in [0.29, 0.717) is 39.9 Å². The number of carbonyl (C=O) groups is 2. The molecule has 0 unspecified atom stereocenters. The Bertz CT molecular complexity index is 1270. The highest BCUT2D eigenvalue weighted by molar-refractivity contribution is 6.35. The van der Waals surface area contributed by atoms with Crippen LogP contribution in [0.1, 0.15) is 53.6 Å². The van der Waals surface area contributed by atoms with Crippen molar-refractivity contribution in [2.75, 3.05) is 6.61 Å². The van der Waals surface area contributed by atoms with E-state index in [4.69, 9.17) is 16.7 Å². The number of carbonyl (C=O) groups excluding carboxylic acids is 1. The SMILES string of the molecule is O=C(O)CC1CCC([C@H](CO)NC(=O)c2ccc(Cl)c3c2cnn3Cc2ccc(C(F)(F)F)cc2)CC1. The second-order valence-corrected chi connectivity index (χ2v) is 9.90. The van der Waals surface area contributed by atoms with E-state index < -0.39 is 29.7 Å². The van der Waals surface area contributed by atoms with Gasteiger partial charge in [-0.2, -0.15) is 18.3 Å². The van der Waals surface area contributed by atoms with Crippen molar-refractivity contribution >= 4 is 34.4 Å². The number of aliphatic hydroxyl groups is 1. The number of amides is 1. The van der Waals surface area contributed by atoms with E-state index in [1.165, 1.54) is 23.0 Å². The number of rotatable bonds is 8. The predicted octanol–water partition coefficient (Wildman–Crippen LogP) is 5.13. The van der Waals surface area contributed by atoms with Crippen molar-refractivity contribution in [3.8, 4) is 0 Å². The summed E-state index contributed by atoms with van der Waals surface area (Å²) in [6, 6.07) is 7.41. The minimum atomic E-state index is -4.42. The number of alkyl halides is 3. The van der Waals surface area contributed by atoms with Gasteiger partial charge in [0.25, 0.3) is 5.91 Å². The summed E-state index contributed by atoms with van der Waals surface area (Å²) in [5.74, 6) is -1.08. The highest BCUT2D eigenvalue weighted by Crippen LogP contribution is 2.34. The quantitative estimate of drug-likeness (QED) is 0.369. The molecule has 2 aromatic carbocycles. The summed E-state index contributed by atoms with van der Waals surface area (Å²) < 4.78 is 40.1. The van der Waals surface area contributed by atoms with E-state index in [1.54, 1.807) is 12.1 Å². The lowest BCUT2D eigenvalue weighted by Crippen LogP contribution is -2.44. The maximum absolute atomic E-state index is 13.2. The molecule has 0 aliphatic heterocycles. The van der Waals surface area contributed by atoms with Crippen LogP contribution in [0.4, 0.5) is 13.2 Å². The van der Waals surface area contributed by atoms with Crippen LogP contribution in [-0.4, -0.2) is 44.5 Å². The number of carboxylic acids is 1. The zero-order valence-electron chi connectivity index (χ0n) is 19.8. The van der Waals surface area contributed by atoms with Crippen LogP contribution in [0.15, 0.2) is 42.6 Å². The van der Waals surface area contributed by atoms with Gasteiger partial charge in [-0.3, -0.25) is 14.3 Å². The van der Waals surface area contributed by atoms with Crippen molar-refractivity contribution in [2.45, 2.75) is 50.9 Å². The van der Waals surface area contributed by atoms with Gasteiger partial charge in [0, 0.05) is 11.8 Å². The summed E-state index contributed by atoms with van der Waals surface area (Å²) in [5, 5.41) is 27.0. The molecule has 1 fully saturated rings. The average molecular weight is 538 g/mol. The number of aromatic nitrogens is 2. The summed E-state index contributed by atoms with van der Waals surface area (Å²) in [6.07, 6.45) is 0.0751. The lowest BCUT2D eigenvalue weighted by atomic mass is 9.77. The molecular weight excluding hydrogens is 511 g/mol. The number of halogens is 4. The highest BCUT2D eigenvalue weighted by Gasteiger charge is 2.31. The zero-order valence-corrected chi connectivity index (χ0v) is 20.6. The van der Waals surface area contributed by atoms with Crippen molar-refractivity contribution in [2.24, 2.45) is 11.8 Å². The molecule has 4 rings (SSSR count). The van der Waals surface area contributed by atoms with Crippen molar-refractivity contribution in [3.05, 3.63) is 64.3 Å². The molecule has 1 aliphatic carbocycles. The summed E-state index contributed by atoms with van der Waals surface area (Å²) in [4.78, 5) is 24.2. The Morgan fingerprint density at radius 3 is 2.38 bits per heavy atom. The number of nitrogens with one attached hydrogen (secondary N) is 1. The fraction of sp³-hybridized carbons (Fsp3) is 0.423. The van der Waals surface area contributed by atoms with Crippen LogP contribution >= 0.6 is 11.6 Å². The monoisotopic (exact) mass is 537 g/mol. The van der Waals surface area contributed by atoms with Crippen LogP contribution in [0.25, 0.3) is 10.9 Å². The summed E-state index contributed by atoms with van der Waals surface area (Å²) >= 11 is 6.41. The molecule has 0 bridgehead atoms. The Hall–Kier alpha value is -3.11. The molecule has 7 nitrogen and oxygen atoms in total. The molecule has 0 saturated heterocycles. The first-order chi connectivity index (χ1) is 17.6. The maximum atomic E-state index is 13.2. The van der Waals surface area contributed by atoms with Gasteiger partial charge in [0.1, 0.15) is 0 Å². The van der Waals surface area contributed by atoms with E-state index in [1.807, 2.05) is 0 Å². The highest BCUT2D eigenvalue weighted by atomic mass is 35.5. The normalized spacial score (nSPS) is 19.1. The Labute approximate surface area is 216 Å². The lowest BCUT2D eigenvalue weighted by Gasteiger charge is -2.33. The molecular formula is C26H27ClF3N3O4. The Morgan fingerprint density at radius 2 is 1.78 bits per heavy atom. The smallest absolute Gasteiger partial charge is 0.416 e. The summed E-state index contributed by atoms with van der Waals surface area (Å²) in [5.41, 5.74) is 0.634. The van der Waals surface area contributed by atoms with Crippen molar-refractivity contribution in [1.29, 1.82) is 0 Å². The first kappa shape index (κ1) is 26.9. The van der Waals surface area contributed by atoms with Crippen LogP contribution in [0.5, 0.6) is 0 Å². The average Bonchev–Trinajstić information content (AvgIpc) is 3.27. The van der Waals surface area contributed by atoms with E-state index >= 15 is 0 Å². The molecule has 1 heterocycles. The van der Waals surface area contributed by atoms with Gasteiger partial charge in [-0.25, -0.2) is 0 Å².